The summed E-state index contributed by atoms with van der Waals surface area (Å²) in [7, 11) is 0. The van der Waals surface area contributed by atoms with E-state index in [2.05, 4.69) is 36.2 Å². The number of aromatic nitrogens is 2. The zero-order valence-corrected chi connectivity index (χ0v) is 22.4. The van der Waals surface area contributed by atoms with Crippen molar-refractivity contribution in [2.75, 3.05) is 4.90 Å². The van der Waals surface area contributed by atoms with Crippen molar-refractivity contribution in [2.24, 2.45) is 5.41 Å². The molecule has 9 heteroatoms. The fourth-order valence-corrected chi connectivity index (χ4v) is 7.04. The Labute approximate surface area is 222 Å². The van der Waals surface area contributed by atoms with Crippen LogP contribution in [0.15, 0.2) is 64.1 Å². The lowest BCUT2D eigenvalue weighted by atomic mass is 9.69. The van der Waals surface area contributed by atoms with Crippen LogP contribution in [0, 0.1) is 5.41 Å². The Morgan fingerprint density at radius 1 is 1.06 bits per heavy atom. The molecule has 0 spiro atoms. The summed E-state index contributed by atoms with van der Waals surface area (Å²) in [6.45, 7) is 4.10. The molecule has 0 fully saturated rings. The number of hydrogen-bond donors (Lipinski definition) is 0. The Bertz CT molecular complexity index is 1340. The smallest absolute Gasteiger partial charge is 0.234 e. The Kier molecular flexibility index (Phi) is 6.79. The first-order valence-corrected chi connectivity index (χ1v) is 13.8. The topological polar surface area (TPSA) is 63.2 Å². The Morgan fingerprint density at radius 3 is 2.60 bits per heavy atom. The first kappa shape index (κ1) is 24.5. The van der Waals surface area contributed by atoms with E-state index in [1.807, 2.05) is 24.3 Å². The lowest BCUT2D eigenvalue weighted by Gasteiger charge is -2.42. The predicted octanol–water partition coefficient (Wildman–Crippen LogP) is 7.30. The second-order valence-electron chi connectivity index (χ2n) is 9.56. The molecule has 3 aromatic rings. The number of thioether (sulfide) groups is 1. The molecule has 0 unspecified atom stereocenters. The van der Waals surface area contributed by atoms with E-state index in [-0.39, 0.29) is 23.5 Å². The number of ketones is 1. The van der Waals surface area contributed by atoms with Gasteiger partial charge in [-0.15, -0.1) is 10.2 Å². The van der Waals surface area contributed by atoms with Crippen LogP contribution >= 0.6 is 46.3 Å². The Hall–Kier alpha value is -2.19. The molecule has 0 saturated heterocycles. The predicted molar refractivity (Wildman–Crippen MR) is 142 cm³/mol. The number of carbonyl (C=O) groups is 2. The highest BCUT2D eigenvalue weighted by Gasteiger charge is 2.45. The standard InChI is InChI=1S/C26H23Cl2N3O2S2/c1-26(2)12-19-22(20(32)13-26)17(16-9-6-10-18(27)23(16)28)11-21(33)31(19)24-29-30-25(35-24)34-14-15-7-4-3-5-8-15/h3-10,17H,11-14H2,1-2H3/t17-/m0/s1. The van der Waals surface area contributed by atoms with Crippen LogP contribution < -0.4 is 4.90 Å². The summed E-state index contributed by atoms with van der Waals surface area (Å²) in [6, 6.07) is 15.5. The van der Waals surface area contributed by atoms with Crippen molar-refractivity contribution in [1.29, 1.82) is 0 Å². The van der Waals surface area contributed by atoms with Gasteiger partial charge in [0.2, 0.25) is 11.0 Å². The van der Waals surface area contributed by atoms with Gasteiger partial charge in [-0.05, 0) is 29.0 Å². The SMILES string of the molecule is CC1(C)CC(=O)C2=C(C1)N(c1nnc(SCc3ccccc3)s1)C(=O)C[C@H]2c1cccc(Cl)c1Cl. The lowest BCUT2D eigenvalue weighted by Crippen LogP contribution is -2.43. The van der Waals surface area contributed by atoms with E-state index in [0.717, 1.165) is 10.1 Å². The van der Waals surface area contributed by atoms with Gasteiger partial charge in [-0.1, -0.05) is 103 Å². The van der Waals surface area contributed by atoms with E-state index in [4.69, 9.17) is 23.2 Å². The van der Waals surface area contributed by atoms with Crippen molar-refractivity contribution in [3.8, 4) is 0 Å². The molecule has 1 amide bonds. The van der Waals surface area contributed by atoms with E-state index < -0.39 is 5.92 Å². The average Bonchev–Trinajstić information content (AvgIpc) is 3.27. The molecule has 0 bridgehead atoms. The number of halogens is 2. The van der Waals surface area contributed by atoms with Crippen molar-refractivity contribution in [3.05, 3.63) is 81.0 Å². The van der Waals surface area contributed by atoms with E-state index in [1.165, 1.54) is 16.9 Å². The summed E-state index contributed by atoms with van der Waals surface area (Å²) >= 11 is 15.8. The minimum atomic E-state index is -0.427. The van der Waals surface area contributed by atoms with Crippen LogP contribution in [-0.4, -0.2) is 21.9 Å². The highest BCUT2D eigenvalue weighted by molar-refractivity contribution is 8.00. The lowest BCUT2D eigenvalue weighted by molar-refractivity contribution is -0.121. The van der Waals surface area contributed by atoms with E-state index >= 15 is 0 Å². The number of carbonyl (C=O) groups excluding carboxylic acids is 2. The summed E-state index contributed by atoms with van der Waals surface area (Å²) in [5.41, 5.74) is 2.98. The van der Waals surface area contributed by atoms with Gasteiger partial charge in [0, 0.05) is 35.8 Å². The summed E-state index contributed by atoms with van der Waals surface area (Å²) in [5.74, 6) is 0.255. The zero-order chi connectivity index (χ0) is 24.7. The van der Waals surface area contributed by atoms with Gasteiger partial charge >= 0.3 is 0 Å². The van der Waals surface area contributed by atoms with Crippen LogP contribution in [0.1, 0.15) is 50.2 Å². The summed E-state index contributed by atoms with van der Waals surface area (Å²) in [4.78, 5) is 28.7. The van der Waals surface area contributed by atoms with Crippen LogP contribution in [0.3, 0.4) is 0 Å². The van der Waals surface area contributed by atoms with Crippen molar-refractivity contribution in [1.82, 2.24) is 10.2 Å². The second kappa shape index (κ2) is 9.69. The minimum absolute atomic E-state index is 0.0398. The number of benzene rings is 2. The molecule has 0 radical (unpaired) electrons. The summed E-state index contributed by atoms with van der Waals surface area (Å²) < 4.78 is 0.778. The van der Waals surface area contributed by atoms with Gasteiger partial charge in [0.05, 0.1) is 10.0 Å². The molecule has 2 aromatic carbocycles. The fraction of sp³-hybridized carbons (Fsp3) is 0.308. The third-order valence-electron chi connectivity index (χ3n) is 6.29. The normalized spacial score (nSPS) is 19.8. The monoisotopic (exact) mass is 543 g/mol. The van der Waals surface area contributed by atoms with Crippen LogP contribution in [0.2, 0.25) is 10.0 Å². The van der Waals surface area contributed by atoms with Gasteiger partial charge in [-0.25, -0.2) is 0 Å². The average molecular weight is 545 g/mol. The van der Waals surface area contributed by atoms with Gasteiger partial charge in [-0.3, -0.25) is 14.5 Å². The molecule has 1 aliphatic heterocycles. The molecule has 1 aromatic heterocycles. The molecular formula is C26H23Cl2N3O2S2. The van der Waals surface area contributed by atoms with Crippen LogP contribution in [0.25, 0.3) is 0 Å². The molecule has 1 aliphatic carbocycles. The molecule has 2 heterocycles. The van der Waals surface area contributed by atoms with Crippen LogP contribution in [-0.2, 0) is 15.3 Å². The zero-order valence-electron chi connectivity index (χ0n) is 19.3. The van der Waals surface area contributed by atoms with Crippen LogP contribution in [0.4, 0.5) is 5.13 Å². The van der Waals surface area contributed by atoms with Crippen LogP contribution in [0.5, 0.6) is 0 Å². The molecule has 180 valence electrons. The third kappa shape index (κ3) is 4.92. The molecule has 5 rings (SSSR count). The molecule has 35 heavy (non-hydrogen) atoms. The first-order valence-electron chi connectivity index (χ1n) is 11.3. The maximum Gasteiger partial charge on any atom is 0.234 e. The van der Waals surface area contributed by atoms with E-state index in [9.17, 15) is 9.59 Å². The minimum Gasteiger partial charge on any atom is -0.294 e. The van der Waals surface area contributed by atoms with Crippen molar-refractivity contribution < 1.29 is 9.59 Å². The Balaban J connectivity index is 1.53. The first-order chi connectivity index (χ1) is 16.7. The van der Waals surface area contributed by atoms with Crippen molar-refractivity contribution >= 4 is 63.1 Å². The third-order valence-corrected chi connectivity index (χ3v) is 9.24. The number of amides is 1. The highest BCUT2D eigenvalue weighted by Crippen LogP contribution is 2.50. The highest BCUT2D eigenvalue weighted by atomic mass is 35.5. The van der Waals surface area contributed by atoms with Gasteiger partial charge in [0.15, 0.2) is 10.1 Å². The molecule has 5 nitrogen and oxygen atoms in total. The maximum absolute atomic E-state index is 13.6. The van der Waals surface area contributed by atoms with Gasteiger partial charge < -0.3 is 0 Å². The number of Topliss-reactive ketones (excluding diaryl/α,β-unsaturated/α-hetero) is 1. The molecule has 1 atom stereocenters. The quantitative estimate of drug-likeness (QED) is 0.249. The summed E-state index contributed by atoms with van der Waals surface area (Å²) in [5, 5.41) is 9.98. The van der Waals surface area contributed by atoms with Gasteiger partial charge in [-0.2, -0.15) is 0 Å². The van der Waals surface area contributed by atoms with E-state index in [1.54, 1.807) is 28.8 Å². The van der Waals surface area contributed by atoms with Gasteiger partial charge in [0.25, 0.3) is 0 Å². The van der Waals surface area contributed by atoms with Gasteiger partial charge in [0.1, 0.15) is 0 Å². The Morgan fingerprint density at radius 2 is 1.83 bits per heavy atom. The van der Waals surface area contributed by atoms with E-state index in [0.29, 0.717) is 44.9 Å². The number of anilines is 1. The molecule has 2 aliphatic rings. The second-order valence-corrected chi connectivity index (χ2v) is 12.5. The van der Waals surface area contributed by atoms with Crippen molar-refractivity contribution in [2.45, 2.75) is 49.1 Å². The number of allylic oxidation sites excluding steroid dienone is 2. The number of hydrogen-bond acceptors (Lipinski definition) is 6. The number of nitrogens with zero attached hydrogens (tertiary/aromatic N) is 3. The summed E-state index contributed by atoms with van der Waals surface area (Å²) in [6.07, 6.45) is 1.12. The largest absolute Gasteiger partial charge is 0.294 e. The van der Waals surface area contributed by atoms with Crippen molar-refractivity contribution in [3.63, 3.8) is 0 Å². The molecular weight excluding hydrogens is 521 g/mol. The molecule has 0 N–H and O–H groups in total. The maximum atomic E-state index is 13.6. The fourth-order valence-electron chi connectivity index (χ4n) is 4.76. The number of rotatable bonds is 5. The molecule has 0 saturated carbocycles.